The molecule has 7 heteroatoms. The molecule has 1 rings (SSSR count). The Hall–Kier alpha value is -1.40. The summed E-state index contributed by atoms with van der Waals surface area (Å²) in [6.07, 6.45) is -0.734. The van der Waals surface area contributed by atoms with Crippen LogP contribution < -0.4 is 11.1 Å². The summed E-state index contributed by atoms with van der Waals surface area (Å²) >= 11 is 5.72. The van der Waals surface area contributed by atoms with Crippen LogP contribution in [0.4, 0.5) is 19.3 Å². The smallest absolute Gasteiger partial charge is 0.412 e. The summed E-state index contributed by atoms with van der Waals surface area (Å²) in [7, 11) is 0. The fourth-order valence-electron chi connectivity index (χ4n) is 1.41. The molecule has 0 radical (unpaired) electrons. The van der Waals surface area contributed by atoms with Crippen molar-refractivity contribution in [3.8, 4) is 0 Å². The first-order valence-electron chi connectivity index (χ1n) is 5.93. The number of nitrogens with two attached hydrogens (primary N) is 1. The van der Waals surface area contributed by atoms with E-state index in [9.17, 15) is 13.6 Å². The summed E-state index contributed by atoms with van der Waals surface area (Å²) < 4.78 is 32.2. The number of anilines is 1. The molecule has 0 bridgehead atoms. The third-order valence-corrected chi connectivity index (χ3v) is 2.59. The van der Waals surface area contributed by atoms with Crippen molar-refractivity contribution < 1.29 is 18.3 Å². The Bertz CT molecular complexity index is 502. The van der Waals surface area contributed by atoms with Gasteiger partial charge < -0.3 is 10.5 Å². The van der Waals surface area contributed by atoms with E-state index in [-0.39, 0.29) is 10.7 Å². The van der Waals surface area contributed by atoms with Crippen molar-refractivity contribution in [1.82, 2.24) is 0 Å². The molecule has 0 unspecified atom stereocenters. The van der Waals surface area contributed by atoms with Crippen molar-refractivity contribution in [2.75, 3.05) is 11.9 Å². The Morgan fingerprint density at radius 3 is 2.50 bits per heavy atom. The highest BCUT2D eigenvalue weighted by molar-refractivity contribution is 6.31. The SMILES string of the molecule is CC(C)(C)OC(=O)Nc1ccc(Cl)c(C(F)(F)CN)c1. The van der Waals surface area contributed by atoms with Crippen molar-refractivity contribution in [3.63, 3.8) is 0 Å². The van der Waals surface area contributed by atoms with Gasteiger partial charge >= 0.3 is 6.09 Å². The van der Waals surface area contributed by atoms with Crippen molar-refractivity contribution in [1.29, 1.82) is 0 Å². The number of benzene rings is 1. The normalized spacial score (nSPS) is 12.2. The van der Waals surface area contributed by atoms with Gasteiger partial charge in [-0.3, -0.25) is 5.32 Å². The van der Waals surface area contributed by atoms with Crippen LogP contribution >= 0.6 is 11.6 Å². The zero-order valence-corrected chi connectivity index (χ0v) is 12.2. The van der Waals surface area contributed by atoms with Gasteiger partial charge in [-0.1, -0.05) is 11.6 Å². The van der Waals surface area contributed by atoms with Crippen molar-refractivity contribution in [3.05, 3.63) is 28.8 Å². The monoisotopic (exact) mass is 306 g/mol. The number of rotatable bonds is 3. The molecule has 0 aliphatic heterocycles. The predicted molar refractivity (Wildman–Crippen MR) is 74.3 cm³/mol. The number of alkyl halides is 2. The molecule has 0 aliphatic carbocycles. The van der Waals surface area contributed by atoms with E-state index in [1.165, 1.54) is 12.1 Å². The van der Waals surface area contributed by atoms with E-state index in [0.29, 0.717) is 0 Å². The minimum absolute atomic E-state index is 0.116. The molecular weight excluding hydrogens is 290 g/mol. The lowest BCUT2D eigenvalue weighted by molar-refractivity contribution is 0.00607. The Morgan fingerprint density at radius 2 is 2.00 bits per heavy atom. The Labute approximate surface area is 121 Å². The lowest BCUT2D eigenvalue weighted by Crippen LogP contribution is -2.28. The van der Waals surface area contributed by atoms with Crippen LogP contribution in [0.1, 0.15) is 26.3 Å². The molecule has 3 N–H and O–H groups in total. The second kappa shape index (κ2) is 5.93. The topological polar surface area (TPSA) is 64.3 Å². The first kappa shape index (κ1) is 16.7. The molecular formula is C13H17ClF2N2O2. The highest BCUT2D eigenvalue weighted by Crippen LogP contribution is 2.34. The molecule has 1 aromatic rings. The van der Waals surface area contributed by atoms with Crippen LogP contribution in [0.2, 0.25) is 5.02 Å². The maximum atomic E-state index is 13.6. The molecule has 0 spiro atoms. The average Bonchev–Trinajstić information content (AvgIpc) is 2.29. The molecule has 0 aromatic heterocycles. The first-order valence-corrected chi connectivity index (χ1v) is 6.31. The van der Waals surface area contributed by atoms with E-state index >= 15 is 0 Å². The number of nitrogens with one attached hydrogen (secondary N) is 1. The summed E-state index contributed by atoms with van der Waals surface area (Å²) in [4.78, 5) is 11.6. The lowest BCUT2D eigenvalue weighted by atomic mass is 10.1. The number of amides is 1. The molecule has 112 valence electrons. The van der Waals surface area contributed by atoms with E-state index < -0.39 is 29.7 Å². The van der Waals surface area contributed by atoms with Gasteiger partial charge in [-0.2, -0.15) is 8.78 Å². The molecule has 0 heterocycles. The molecule has 0 saturated heterocycles. The van der Waals surface area contributed by atoms with Gasteiger partial charge in [-0.05, 0) is 39.0 Å². The van der Waals surface area contributed by atoms with Gasteiger partial charge in [0.15, 0.2) is 0 Å². The number of carbonyl (C=O) groups excluding carboxylic acids is 1. The Morgan fingerprint density at radius 1 is 1.40 bits per heavy atom. The molecule has 0 aliphatic rings. The fraction of sp³-hybridized carbons (Fsp3) is 0.462. The minimum Gasteiger partial charge on any atom is -0.444 e. The van der Waals surface area contributed by atoms with Gasteiger partial charge in [0.05, 0.1) is 6.54 Å². The predicted octanol–water partition coefficient (Wildman–Crippen LogP) is 3.74. The lowest BCUT2D eigenvalue weighted by Gasteiger charge is -2.20. The number of hydrogen-bond acceptors (Lipinski definition) is 3. The van der Waals surface area contributed by atoms with Gasteiger partial charge in [-0.25, -0.2) is 4.79 Å². The number of hydrogen-bond donors (Lipinski definition) is 2. The van der Waals surface area contributed by atoms with Gasteiger partial charge in [-0.15, -0.1) is 0 Å². The van der Waals surface area contributed by atoms with Gasteiger partial charge in [0.25, 0.3) is 5.92 Å². The summed E-state index contributed by atoms with van der Waals surface area (Å²) in [5.41, 5.74) is 4.07. The largest absolute Gasteiger partial charge is 0.444 e. The summed E-state index contributed by atoms with van der Waals surface area (Å²) in [6.45, 7) is 4.22. The number of ether oxygens (including phenoxy) is 1. The standard InChI is InChI=1S/C13H17ClF2N2O2/c1-12(2,3)20-11(19)18-8-4-5-10(14)9(6-8)13(15,16)7-17/h4-6H,7,17H2,1-3H3,(H,18,19). The van der Waals surface area contributed by atoms with E-state index in [0.717, 1.165) is 6.07 Å². The minimum atomic E-state index is -3.26. The van der Waals surface area contributed by atoms with E-state index in [1.807, 2.05) is 0 Å². The van der Waals surface area contributed by atoms with Crippen molar-refractivity contribution in [2.24, 2.45) is 5.73 Å². The van der Waals surface area contributed by atoms with Crippen molar-refractivity contribution >= 4 is 23.4 Å². The van der Waals surface area contributed by atoms with E-state index in [1.54, 1.807) is 20.8 Å². The fourth-order valence-corrected chi connectivity index (χ4v) is 1.67. The van der Waals surface area contributed by atoms with Crippen LogP contribution in [0.3, 0.4) is 0 Å². The number of carbonyl (C=O) groups is 1. The van der Waals surface area contributed by atoms with Crippen LogP contribution in [0.25, 0.3) is 0 Å². The molecule has 1 amide bonds. The third kappa shape index (κ3) is 4.61. The molecule has 0 fully saturated rings. The second-order valence-electron chi connectivity index (χ2n) is 5.23. The maximum absolute atomic E-state index is 13.6. The van der Waals surface area contributed by atoms with Crippen LogP contribution in [0.15, 0.2) is 18.2 Å². The van der Waals surface area contributed by atoms with Crippen LogP contribution in [0, 0.1) is 0 Å². The molecule has 0 saturated carbocycles. The second-order valence-corrected chi connectivity index (χ2v) is 5.64. The summed E-state index contributed by atoms with van der Waals surface area (Å²) in [5, 5.41) is 2.25. The molecule has 4 nitrogen and oxygen atoms in total. The molecule has 20 heavy (non-hydrogen) atoms. The van der Waals surface area contributed by atoms with Crippen LogP contribution in [-0.4, -0.2) is 18.2 Å². The van der Waals surface area contributed by atoms with Crippen LogP contribution in [0.5, 0.6) is 0 Å². The highest BCUT2D eigenvalue weighted by Gasteiger charge is 2.32. The van der Waals surface area contributed by atoms with E-state index in [4.69, 9.17) is 22.1 Å². The van der Waals surface area contributed by atoms with Gasteiger partial charge in [0.1, 0.15) is 5.60 Å². The zero-order chi connectivity index (χ0) is 15.6. The Kier molecular flexibility index (Phi) is 4.94. The molecule has 1 aromatic carbocycles. The van der Waals surface area contributed by atoms with Gasteiger partial charge in [0.2, 0.25) is 0 Å². The highest BCUT2D eigenvalue weighted by atomic mass is 35.5. The van der Waals surface area contributed by atoms with Crippen molar-refractivity contribution in [2.45, 2.75) is 32.3 Å². The van der Waals surface area contributed by atoms with Gasteiger partial charge in [0, 0.05) is 16.3 Å². The quantitative estimate of drug-likeness (QED) is 0.894. The van der Waals surface area contributed by atoms with Crippen LogP contribution in [-0.2, 0) is 10.7 Å². The maximum Gasteiger partial charge on any atom is 0.412 e. The Balaban J connectivity index is 2.94. The first-order chi connectivity index (χ1) is 9.05. The summed E-state index contributed by atoms with van der Waals surface area (Å²) in [5.74, 6) is -3.26. The zero-order valence-electron chi connectivity index (χ0n) is 11.5. The molecule has 0 atom stereocenters. The van der Waals surface area contributed by atoms with E-state index in [2.05, 4.69) is 5.32 Å². The average molecular weight is 307 g/mol. The third-order valence-electron chi connectivity index (χ3n) is 2.26. The number of halogens is 3. The summed E-state index contributed by atoms with van der Waals surface area (Å²) in [6, 6.07) is 3.76.